The fourth-order valence-corrected chi connectivity index (χ4v) is 1.50. The third-order valence-corrected chi connectivity index (χ3v) is 2.68. The molecule has 0 aromatic carbocycles. The molecule has 3 nitrogen and oxygen atoms in total. The third-order valence-electron chi connectivity index (χ3n) is 2.68. The van der Waals surface area contributed by atoms with Crippen molar-refractivity contribution in [2.45, 2.75) is 71.9 Å². The molecule has 0 fully saturated rings. The number of nitrogens with zero attached hydrogens (tertiary/aromatic N) is 1. The van der Waals surface area contributed by atoms with E-state index in [0.717, 1.165) is 30.4 Å². The normalized spacial score (nSPS) is 15.6. The molecule has 0 bridgehead atoms. The van der Waals surface area contributed by atoms with Gasteiger partial charge in [-0.05, 0) is 40.0 Å². The summed E-state index contributed by atoms with van der Waals surface area (Å²) in [6.45, 7) is 9.60. The monoisotopic (exact) mass is 229 g/mol. The lowest BCUT2D eigenvalue weighted by Crippen LogP contribution is -2.18. The van der Waals surface area contributed by atoms with Crippen molar-refractivity contribution < 1.29 is 9.85 Å². The van der Waals surface area contributed by atoms with E-state index in [1.165, 1.54) is 0 Å². The standard InChI is InChI=1S/C13H27NO2/c1-11(2)14(16)10-8-12(3)7-6-9-13(4,5)15/h10-12,15H,6-9H2,1-5H3. The quantitative estimate of drug-likeness (QED) is 0.316. The molecule has 0 radical (unpaired) electrons. The molecule has 0 spiro atoms. The molecule has 16 heavy (non-hydrogen) atoms. The zero-order chi connectivity index (χ0) is 12.8. The molecule has 0 saturated carbocycles. The SMILES string of the molecule is CC(CC=[N+]([O-])C(C)C)CCCC(C)(C)O. The van der Waals surface area contributed by atoms with E-state index in [0.29, 0.717) is 5.92 Å². The van der Waals surface area contributed by atoms with Gasteiger partial charge in [0.1, 0.15) is 0 Å². The molecule has 3 heteroatoms. The Morgan fingerprint density at radius 1 is 1.31 bits per heavy atom. The van der Waals surface area contributed by atoms with Crippen molar-refractivity contribution in [1.29, 1.82) is 0 Å². The highest BCUT2D eigenvalue weighted by atomic mass is 16.5. The molecule has 0 aliphatic heterocycles. The summed E-state index contributed by atoms with van der Waals surface area (Å²) in [6, 6.07) is 0.0311. The Morgan fingerprint density at radius 3 is 2.31 bits per heavy atom. The lowest BCUT2D eigenvalue weighted by atomic mass is 9.95. The molecular formula is C13H27NO2. The molecule has 0 amide bonds. The van der Waals surface area contributed by atoms with E-state index in [1.54, 1.807) is 6.21 Å². The van der Waals surface area contributed by atoms with Gasteiger partial charge in [-0.25, -0.2) is 4.74 Å². The maximum atomic E-state index is 11.3. The molecule has 96 valence electrons. The molecule has 0 aromatic heterocycles. The van der Waals surface area contributed by atoms with Gasteiger partial charge in [-0.3, -0.25) is 0 Å². The van der Waals surface area contributed by atoms with Gasteiger partial charge in [0, 0.05) is 6.42 Å². The zero-order valence-electron chi connectivity index (χ0n) is 11.4. The zero-order valence-corrected chi connectivity index (χ0v) is 11.4. The number of hydroxylamine groups is 1. The number of rotatable bonds is 7. The van der Waals surface area contributed by atoms with Crippen LogP contribution in [0.1, 0.15) is 60.3 Å². The predicted molar refractivity (Wildman–Crippen MR) is 68.8 cm³/mol. The summed E-state index contributed by atoms with van der Waals surface area (Å²) in [5.41, 5.74) is -0.564. The maximum absolute atomic E-state index is 11.3. The average molecular weight is 229 g/mol. The van der Waals surface area contributed by atoms with Crippen molar-refractivity contribution in [1.82, 2.24) is 0 Å². The van der Waals surface area contributed by atoms with Crippen molar-refractivity contribution >= 4 is 6.21 Å². The molecule has 0 saturated heterocycles. The fraction of sp³-hybridized carbons (Fsp3) is 0.923. The summed E-state index contributed by atoms with van der Waals surface area (Å²) in [6.07, 6.45) is 5.46. The Bertz CT molecular complexity index is 216. The summed E-state index contributed by atoms with van der Waals surface area (Å²) >= 11 is 0. The van der Waals surface area contributed by atoms with Crippen LogP contribution < -0.4 is 0 Å². The molecule has 1 N–H and O–H groups in total. The Kier molecular flexibility index (Phi) is 6.65. The van der Waals surface area contributed by atoms with Crippen LogP contribution in [0.2, 0.25) is 0 Å². The van der Waals surface area contributed by atoms with Gasteiger partial charge in [-0.15, -0.1) is 0 Å². The van der Waals surface area contributed by atoms with Crippen LogP contribution in [0.25, 0.3) is 0 Å². The first-order valence-corrected chi connectivity index (χ1v) is 6.23. The van der Waals surface area contributed by atoms with Gasteiger partial charge in [0.25, 0.3) is 0 Å². The second kappa shape index (κ2) is 6.89. The van der Waals surface area contributed by atoms with E-state index in [2.05, 4.69) is 6.92 Å². The molecule has 1 unspecified atom stereocenters. The Morgan fingerprint density at radius 2 is 1.88 bits per heavy atom. The molecular weight excluding hydrogens is 202 g/mol. The third kappa shape index (κ3) is 8.72. The molecule has 0 aliphatic rings. The predicted octanol–water partition coefficient (Wildman–Crippen LogP) is 2.94. The first kappa shape index (κ1) is 15.4. The summed E-state index contributed by atoms with van der Waals surface area (Å²) in [7, 11) is 0. The number of aliphatic hydroxyl groups is 1. The lowest BCUT2D eigenvalue weighted by Gasteiger charge is -2.17. The van der Waals surface area contributed by atoms with Gasteiger partial charge in [0.15, 0.2) is 12.3 Å². The fourth-order valence-electron chi connectivity index (χ4n) is 1.50. The van der Waals surface area contributed by atoms with Crippen LogP contribution in [0.4, 0.5) is 0 Å². The van der Waals surface area contributed by atoms with Crippen LogP contribution in [-0.4, -0.2) is 27.7 Å². The second-order valence-electron chi connectivity index (χ2n) is 5.68. The molecule has 0 aliphatic carbocycles. The van der Waals surface area contributed by atoms with E-state index >= 15 is 0 Å². The average Bonchev–Trinajstić information content (AvgIpc) is 2.11. The van der Waals surface area contributed by atoms with Crippen LogP contribution in [0, 0.1) is 11.1 Å². The van der Waals surface area contributed by atoms with Crippen molar-refractivity contribution in [3.8, 4) is 0 Å². The van der Waals surface area contributed by atoms with Crippen LogP contribution in [0.5, 0.6) is 0 Å². The molecule has 1 atom stereocenters. The summed E-state index contributed by atoms with van der Waals surface area (Å²) in [4.78, 5) is 0. The van der Waals surface area contributed by atoms with E-state index < -0.39 is 5.60 Å². The van der Waals surface area contributed by atoms with Crippen molar-refractivity contribution in [3.05, 3.63) is 5.21 Å². The first-order valence-electron chi connectivity index (χ1n) is 6.23. The Hall–Kier alpha value is -0.570. The molecule has 0 rings (SSSR count). The summed E-state index contributed by atoms with van der Waals surface area (Å²) < 4.78 is 1.02. The van der Waals surface area contributed by atoms with Crippen LogP contribution in [0.15, 0.2) is 0 Å². The van der Waals surface area contributed by atoms with Crippen LogP contribution in [0.3, 0.4) is 0 Å². The van der Waals surface area contributed by atoms with E-state index in [-0.39, 0.29) is 6.04 Å². The van der Waals surface area contributed by atoms with E-state index in [1.807, 2.05) is 27.7 Å². The summed E-state index contributed by atoms with van der Waals surface area (Å²) in [5.74, 6) is 0.512. The number of hydrogen-bond acceptors (Lipinski definition) is 2. The number of hydrogen-bond donors (Lipinski definition) is 1. The van der Waals surface area contributed by atoms with Crippen LogP contribution >= 0.6 is 0 Å². The van der Waals surface area contributed by atoms with Crippen LogP contribution in [-0.2, 0) is 0 Å². The highest BCUT2D eigenvalue weighted by Crippen LogP contribution is 2.16. The highest BCUT2D eigenvalue weighted by molar-refractivity contribution is 5.51. The second-order valence-corrected chi connectivity index (χ2v) is 5.68. The van der Waals surface area contributed by atoms with Gasteiger partial charge in [-0.2, -0.15) is 0 Å². The van der Waals surface area contributed by atoms with Gasteiger partial charge < -0.3 is 10.3 Å². The molecule has 0 heterocycles. The van der Waals surface area contributed by atoms with Gasteiger partial charge in [0.2, 0.25) is 0 Å². The van der Waals surface area contributed by atoms with Crippen molar-refractivity contribution in [3.63, 3.8) is 0 Å². The van der Waals surface area contributed by atoms with E-state index in [4.69, 9.17) is 0 Å². The van der Waals surface area contributed by atoms with Crippen molar-refractivity contribution in [2.24, 2.45) is 5.92 Å². The minimum absolute atomic E-state index is 0.0311. The van der Waals surface area contributed by atoms with Crippen molar-refractivity contribution in [2.75, 3.05) is 0 Å². The largest absolute Gasteiger partial charge is 0.624 e. The van der Waals surface area contributed by atoms with Gasteiger partial charge in [0.05, 0.1) is 5.60 Å². The first-order chi connectivity index (χ1) is 7.22. The smallest absolute Gasteiger partial charge is 0.157 e. The topological polar surface area (TPSA) is 46.3 Å². The Labute approximate surface area is 99.8 Å². The maximum Gasteiger partial charge on any atom is 0.157 e. The minimum Gasteiger partial charge on any atom is -0.624 e. The van der Waals surface area contributed by atoms with Gasteiger partial charge >= 0.3 is 0 Å². The van der Waals surface area contributed by atoms with E-state index in [9.17, 15) is 10.3 Å². The summed E-state index contributed by atoms with van der Waals surface area (Å²) in [5, 5.41) is 20.9. The highest BCUT2D eigenvalue weighted by Gasteiger charge is 2.13. The van der Waals surface area contributed by atoms with Gasteiger partial charge in [-0.1, -0.05) is 19.8 Å². The minimum atomic E-state index is -0.564. The lowest BCUT2D eigenvalue weighted by molar-refractivity contribution is -0.488. The Balaban J connectivity index is 3.75. The molecule has 0 aromatic rings.